The fourth-order valence-electron chi connectivity index (χ4n) is 2.32. The molecule has 1 heterocycles. The first-order valence-electron chi connectivity index (χ1n) is 7.77. The third kappa shape index (κ3) is 4.38. The van der Waals surface area contributed by atoms with Gasteiger partial charge in [-0.05, 0) is 30.7 Å². The van der Waals surface area contributed by atoms with Crippen LogP contribution in [-0.4, -0.2) is 25.6 Å². The molecule has 2 aromatic rings. The van der Waals surface area contributed by atoms with Gasteiger partial charge >= 0.3 is 0 Å². The molecule has 24 heavy (non-hydrogen) atoms. The van der Waals surface area contributed by atoms with Crippen molar-refractivity contribution in [3.8, 4) is 17.2 Å². The second-order valence-corrected chi connectivity index (χ2v) is 5.80. The highest BCUT2D eigenvalue weighted by Crippen LogP contribution is 2.32. The van der Waals surface area contributed by atoms with Crippen LogP contribution < -0.4 is 9.47 Å². The summed E-state index contributed by atoms with van der Waals surface area (Å²) in [6.45, 7) is 2.87. The van der Waals surface area contributed by atoms with Crippen LogP contribution in [-0.2, 0) is 9.47 Å². The predicted molar refractivity (Wildman–Crippen MR) is 88.3 cm³/mol. The van der Waals surface area contributed by atoms with Crippen molar-refractivity contribution in [2.24, 2.45) is 0 Å². The Labute approximate surface area is 145 Å². The number of ether oxygens (including phenoxy) is 4. The van der Waals surface area contributed by atoms with E-state index in [-0.39, 0.29) is 18.2 Å². The van der Waals surface area contributed by atoms with Gasteiger partial charge in [-0.1, -0.05) is 24.6 Å². The minimum absolute atomic E-state index is 0.103. The Hall–Kier alpha value is -1.82. The Balaban J connectivity index is 1.58. The molecule has 1 aliphatic rings. The van der Waals surface area contributed by atoms with E-state index in [4.69, 9.17) is 30.5 Å². The molecule has 0 amide bonds. The summed E-state index contributed by atoms with van der Waals surface area (Å²) in [4.78, 5) is 0. The SMILES string of the molecule is CCC1OCC(COc2ccc(Oc3cccc(F)c3)cc2Cl)O1. The van der Waals surface area contributed by atoms with Crippen molar-refractivity contribution in [1.29, 1.82) is 0 Å². The molecular formula is C18H18ClFO4. The average Bonchev–Trinajstić information content (AvgIpc) is 3.02. The molecule has 6 heteroatoms. The average molecular weight is 353 g/mol. The smallest absolute Gasteiger partial charge is 0.158 e. The van der Waals surface area contributed by atoms with E-state index in [2.05, 4.69) is 0 Å². The number of hydrogen-bond donors (Lipinski definition) is 0. The summed E-state index contributed by atoms with van der Waals surface area (Å²) in [5.41, 5.74) is 0. The van der Waals surface area contributed by atoms with Gasteiger partial charge in [-0.3, -0.25) is 0 Å². The predicted octanol–water partition coefficient (Wildman–Crippen LogP) is 4.80. The summed E-state index contributed by atoms with van der Waals surface area (Å²) in [5, 5.41) is 0.412. The Morgan fingerprint density at radius 1 is 1.21 bits per heavy atom. The fraction of sp³-hybridized carbons (Fsp3) is 0.333. The maximum absolute atomic E-state index is 13.2. The van der Waals surface area contributed by atoms with Crippen LogP contribution in [0.3, 0.4) is 0 Å². The molecule has 0 radical (unpaired) electrons. The van der Waals surface area contributed by atoms with Crippen molar-refractivity contribution in [2.75, 3.05) is 13.2 Å². The van der Waals surface area contributed by atoms with E-state index in [9.17, 15) is 4.39 Å². The highest BCUT2D eigenvalue weighted by molar-refractivity contribution is 6.32. The lowest BCUT2D eigenvalue weighted by molar-refractivity contribution is -0.0642. The van der Waals surface area contributed by atoms with Crippen LogP contribution in [0, 0.1) is 5.82 Å². The second-order valence-electron chi connectivity index (χ2n) is 5.39. The molecule has 0 spiro atoms. The Kier molecular flexibility index (Phi) is 5.56. The highest BCUT2D eigenvalue weighted by atomic mass is 35.5. The van der Waals surface area contributed by atoms with Gasteiger partial charge in [0.1, 0.15) is 35.8 Å². The molecule has 3 rings (SSSR count). The van der Waals surface area contributed by atoms with Crippen LogP contribution in [0.15, 0.2) is 42.5 Å². The molecule has 0 N–H and O–H groups in total. The van der Waals surface area contributed by atoms with E-state index in [1.165, 1.54) is 12.1 Å². The van der Waals surface area contributed by atoms with Gasteiger partial charge in [-0.25, -0.2) is 4.39 Å². The Bertz CT molecular complexity index is 694. The van der Waals surface area contributed by atoms with Gasteiger partial charge in [0.15, 0.2) is 6.29 Å². The summed E-state index contributed by atoms with van der Waals surface area (Å²) < 4.78 is 35.5. The van der Waals surface area contributed by atoms with Crippen molar-refractivity contribution in [3.63, 3.8) is 0 Å². The molecule has 0 aliphatic carbocycles. The van der Waals surface area contributed by atoms with Crippen LogP contribution >= 0.6 is 11.6 Å². The van der Waals surface area contributed by atoms with Gasteiger partial charge in [0.25, 0.3) is 0 Å². The molecule has 0 bridgehead atoms. The summed E-state index contributed by atoms with van der Waals surface area (Å²) in [6.07, 6.45) is 0.550. The third-order valence-corrected chi connectivity index (χ3v) is 3.80. The van der Waals surface area contributed by atoms with E-state index in [0.717, 1.165) is 6.42 Å². The number of rotatable bonds is 6. The molecular weight excluding hydrogens is 335 g/mol. The third-order valence-electron chi connectivity index (χ3n) is 3.51. The van der Waals surface area contributed by atoms with Gasteiger partial charge < -0.3 is 18.9 Å². The first-order valence-corrected chi connectivity index (χ1v) is 8.14. The van der Waals surface area contributed by atoms with E-state index in [1.54, 1.807) is 30.3 Å². The number of hydrogen-bond acceptors (Lipinski definition) is 4. The molecule has 128 valence electrons. The van der Waals surface area contributed by atoms with Crippen molar-refractivity contribution in [2.45, 2.75) is 25.7 Å². The topological polar surface area (TPSA) is 36.9 Å². The van der Waals surface area contributed by atoms with Crippen molar-refractivity contribution in [3.05, 3.63) is 53.3 Å². The van der Waals surface area contributed by atoms with Crippen LogP contribution in [0.2, 0.25) is 5.02 Å². The standard InChI is InChI=1S/C18H18ClFO4/c1-2-18-22-11-15(24-18)10-21-17-7-6-14(9-16(17)19)23-13-5-3-4-12(20)8-13/h3-9,15,18H,2,10-11H2,1H3. The minimum Gasteiger partial charge on any atom is -0.489 e. The molecule has 2 aromatic carbocycles. The van der Waals surface area contributed by atoms with E-state index < -0.39 is 0 Å². The summed E-state index contributed by atoms with van der Waals surface area (Å²) in [5.74, 6) is 1.08. The van der Waals surface area contributed by atoms with Crippen molar-refractivity contribution < 1.29 is 23.3 Å². The fourth-order valence-corrected chi connectivity index (χ4v) is 2.55. The molecule has 0 aromatic heterocycles. The zero-order valence-electron chi connectivity index (χ0n) is 13.2. The Morgan fingerprint density at radius 3 is 2.75 bits per heavy atom. The molecule has 1 saturated heterocycles. The highest BCUT2D eigenvalue weighted by Gasteiger charge is 2.25. The van der Waals surface area contributed by atoms with Gasteiger partial charge in [-0.15, -0.1) is 0 Å². The normalized spacial score (nSPS) is 20.1. The maximum atomic E-state index is 13.2. The van der Waals surface area contributed by atoms with Crippen LogP contribution in [0.5, 0.6) is 17.2 Å². The lowest BCUT2D eigenvalue weighted by Gasteiger charge is -2.13. The number of benzene rings is 2. The number of halogens is 2. The van der Waals surface area contributed by atoms with Crippen LogP contribution in [0.25, 0.3) is 0 Å². The largest absolute Gasteiger partial charge is 0.489 e. The zero-order chi connectivity index (χ0) is 16.9. The summed E-state index contributed by atoms with van der Waals surface area (Å²) in [6, 6.07) is 11.0. The van der Waals surface area contributed by atoms with Crippen LogP contribution in [0.1, 0.15) is 13.3 Å². The molecule has 2 unspecified atom stereocenters. The minimum atomic E-state index is -0.359. The first-order chi connectivity index (χ1) is 11.6. The second kappa shape index (κ2) is 7.83. The van der Waals surface area contributed by atoms with Crippen molar-refractivity contribution >= 4 is 11.6 Å². The van der Waals surface area contributed by atoms with E-state index >= 15 is 0 Å². The molecule has 4 nitrogen and oxygen atoms in total. The van der Waals surface area contributed by atoms with Gasteiger partial charge in [0, 0.05) is 12.1 Å². The van der Waals surface area contributed by atoms with Gasteiger partial charge in [-0.2, -0.15) is 0 Å². The zero-order valence-corrected chi connectivity index (χ0v) is 14.0. The Morgan fingerprint density at radius 2 is 2.04 bits per heavy atom. The van der Waals surface area contributed by atoms with Crippen molar-refractivity contribution in [1.82, 2.24) is 0 Å². The molecule has 1 aliphatic heterocycles. The molecule has 2 atom stereocenters. The maximum Gasteiger partial charge on any atom is 0.158 e. The van der Waals surface area contributed by atoms with Crippen LogP contribution in [0.4, 0.5) is 4.39 Å². The monoisotopic (exact) mass is 352 g/mol. The van der Waals surface area contributed by atoms with Gasteiger partial charge in [0.05, 0.1) is 11.6 Å². The summed E-state index contributed by atoms with van der Waals surface area (Å²) >= 11 is 6.22. The summed E-state index contributed by atoms with van der Waals surface area (Å²) in [7, 11) is 0. The van der Waals surface area contributed by atoms with E-state index in [1.807, 2.05) is 6.92 Å². The molecule has 1 fully saturated rings. The van der Waals surface area contributed by atoms with Gasteiger partial charge in [0.2, 0.25) is 0 Å². The van der Waals surface area contributed by atoms with E-state index in [0.29, 0.717) is 35.5 Å². The lowest BCUT2D eigenvalue weighted by Crippen LogP contribution is -2.20. The lowest BCUT2D eigenvalue weighted by atomic mass is 10.3. The first kappa shape index (κ1) is 17.0. The molecule has 0 saturated carbocycles. The quantitative estimate of drug-likeness (QED) is 0.748.